The van der Waals surface area contributed by atoms with Crippen molar-refractivity contribution in [3.8, 4) is 17.2 Å². The standard InChI is InChI=1S/C28H25FN4O3/c1-32(28(36)20-12-13-25(29)24(15-20)19-8-4-2-5-9-19)18-26(34)33-17-21(14-23(33)16-30)27(35)31-22-10-6-3-7-11-22/h2-13,15,21,23H,14,17-18H2,1H3,(H,31,35). The van der Waals surface area contributed by atoms with E-state index in [1.54, 1.807) is 48.5 Å². The first-order chi connectivity index (χ1) is 17.4. The first-order valence-corrected chi connectivity index (χ1v) is 11.5. The number of halogens is 1. The van der Waals surface area contributed by atoms with E-state index in [0.717, 1.165) is 0 Å². The van der Waals surface area contributed by atoms with E-state index >= 15 is 0 Å². The lowest BCUT2D eigenvalue weighted by atomic mass is 10.0. The van der Waals surface area contributed by atoms with Crippen LogP contribution >= 0.6 is 0 Å². The lowest BCUT2D eigenvalue weighted by Gasteiger charge is -2.24. The zero-order valence-corrected chi connectivity index (χ0v) is 19.7. The van der Waals surface area contributed by atoms with Crippen LogP contribution in [0.15, 0.2) is 78.9 Å². The molecule has 0 saturated carbocycles. The largest absolute Gasteiger partial charge is 0.332 e. The highest BCUT2D eigenvalue weighted by molar-refractivity contribution is 5.98. The maximum Gasteiger partial charge on any atom is 0.254 e. The molecule has 4 rings (SSSR count). The number of carbonyl (C=O) groups is 3. The Labute approximate surface area is 208 Å². The van der Waals surface area contributed by atoms with Gasteiger partial charge in [-0.25, -0.2) is 4.39 Å². The van der Waals surface area contributed by atoms with Gasteiger partial charge in [0.2, 0.25) is 11.8 Å². The number of hydrogen-bond acceptors (Lipinski definition) is 4. The molecule has 2 atom stereocenters. The normalized spacial score (nSPS) is 16.8. The molecule has 8 heteroatoms. The SMILES string of the molecule is CN(CC(=O)N1CC(C(=O)Nc2ccccc2)CC1C#N)C(=O)c1ccc(F)c(-c2ccccc2)c1. The van der Waals surface area contributed by atoms with Crippen LogP contribution in [0.1, 0.15) is 16.8 Å². The average molecular weight is 485 g/mol. The Morgan fingerprint density at radius 1 is 1.06 bits per heavy atom. The highest BCUT2D eigenvalue weighted by Gasteiger charge is 2.39. The molecule has 0 radical (unpaired) electrons. The third-order valence-corrected chi connectivity index (χ3v) is 6.20. The maximum atomic E-state index is 14.4. The van der Waals surface area contributed by atoms with Crippen molar-refractivity contribution in [3.05, 3.63) is 90.2 Å². The van der Waals surface area contributed by atoms with Crippen molar-refractivity contribution in [3.63, 3.8) is 0 Å². The minimum Gasteiger partial charge on any atom is -0.332 e. The Hall–Kier alpha value is -4.51. The molecule has 3 aromatic rings. The van der Waals surface area contributed by atoms with E-state index in [-0.39, 0.29) is 36.5 Å². The van der Waals surface area contributed by atoms with E-state index in [1.165, 1.54) is 35.0 Å². The third kappa shape index (κ3) is 5.41. The number of benzene rings is 3. The van der Waals surface area contributed by atoms with Crippen molar-refractivity contribution in [2.45, 2.75) is 12.5 Å². The van der Waals surface area contributed by atoms with Gasteiger partial charge in [0.15, 0.2) is 0 Å². The predicted octanol–water partition coefficient (Wildman–Crippen LogP) is 3.94. The van der Waals surface area contributed by atoms with E-state index in [1.807, 2.05) is 12.1 Å². The van der Waals surface area contributed by atoms with Crippen LogP contribution in [0.25, 0.3) is 11.1 Å². The highest BCUT2D eigenvalue weighted by atomic mass is 19.1. The van der Waals surface area contributed by atoms with Crippen LogP contribution in [0.4, 0.5) is 10.1 Å². The number of anilines is 1. The molecule has 1 fully saturated rings. The topological polar surface area (TPSA) is 93.5 Å². The fourth-order valence-electron chi connectivity index (χ4n) is 4.27. The van der Waals surface area contributed by atoms with Crippen LogP contribution in [0.3, 0.4) is 0 Å². The van der Waals surface area contributed by atoms with Gasteiger partial charge in [-0.3, -0.25) is 14.4 Å². The molecule has 0 spiro atoms. The Balaban J connectivity index is 1.42. The number of hydrogen-bond donors (Lipinski definition) is 1. The second-order valence-electron chi connectivity index (χ2n) is 8.70. The van der Waals surface area contributed by atoms with Gasteiger partial charge in [-0.05, 0) is 42.3 Å². The van der Waals surface area contributed by atoms with Gasteiger partial charge < -0.3 is 15.1 Å². The molecule has 0 bridgehead atoms. The van der Waals surface area contributed by atoms with Gasteiger partial charge in [-0.2, -0.15) is 5.26 Å². The fourth-order valence-corrected chi connectivity index (χ4v) is 4.27. The van der Waals surface area contributed by atoms with Gasteiger partial charge in [-0.1, -0.05) is 48.5 Å². The highest BCUT2D eigenvalue weighted by Crippen LogP contribution is 2.26. The van der Waals surface area contributed by atoms with Crippen LogP contribution in [0, 0.1) is 23.1 Å². The Kier molecular flexibility index (Phi) is 7.40. The molecule has 3 aromatic carbocycles. The second kappa shape index (κ2) is 10.8. The number of nitrogens with zero attached hydrogens (tertiary/aromatic N) is 3. The molecule has 3 amide bonds. The van der Waals surface area contributed by atoms with Gasteiger partial charge in [0.25, 0.3) is 5.91 Å². The molecule has 0 aliphatic carbocycles. The first kappa shape index (κ1) is 24.6. The summed E-state index contributed by atoms with van der Waals surface area (Å²) >= 11 is 0. The predicted molar refractivity (Wildman–Crippen MR) is 133 cm³/mol. The number of rotatable bonds is 6. The van der Waals surface area contributed by atoms with Crippen molar-refractivity contribution >= 4 is 23.4 Å². The number of likely N-dealkylation sites (tertiary alicyclic amines) is 1. The van der Waals surface area contributed by atoms with Crippen LogP contribution < -0.4 is 5.32 Å². The summed E-state index contributed by atoms with van der Waals surface area (Å²) < 4.78 is 14.4. The van der Waals surface area contributed by atoms with Crippen LogP contribution in [-0.2, 0) is 9.59 Å². The summed E-state index contributed by atoms with van der Waals surface area (Å²) in [6, 6.07) is 23.2. The van der Waals surface area contributed by atoms with Crippen molar-refractivity contribution in [2.24, 2.45) is 5.92 Å². The van der Waals surface area contributed by atoms with Crippen molar-refractivity contribution in [2.75, 3.05) is 25.5 Å². The summed E-state index contributed by atoms with van der Waals surface area (Å²) in [5, 5.41) is 12.4. The molecular weight excluding hydrogens is 459 g/mol. The second-order valence-corrected chi connectivity index (χ2v) is 8.70. The summed E-state index contributed by atoms with van der Waals surface area (Å²) in [5.41, 5.74) is 1.80. The van der Waals surface area contributed by atoms with Gasteiger partial charge in [0.05, 0.1) is 18.5 Å². The monoisotopic (exact) mass is 484 g/mol. The summed E-state index contributed by atoms with van der Waals surface area (Å²) in [7, 11) is 1.48. The van der Waals surface area contributed by atoms with E-state index in [2.05, 4.69) is 11.4 Å². The number of para-hydroxylation sites is 1. The lowest BCUT2D eigenvalue weighted by Crippen LogP contribution is -2.43. The molecule has 1 N–H and O–H groups in total. The van der Waals surface area contributed by atoms with Crippen molar-refractivity contribution < 1.29 is 18.8 Å². The van der Waals surface area contributed by atoms with Crippen molar-refractivity contribution in [1.82, 2.24) is 9.80 Å². The zero-order valence-electron chi connectivity index (χ0n) is 19.7. The Morgan fingerprint density at radius 3 is 2.39 bits per heavy atom. The van der Waals surface area contributed by atoms with E-state index in [4.69, 9.17) is 0 Å². The van der Waals surface area contributed by atoms with E-state index in [0.29, 0.717) is 11.3 Å². The van der Waals surface area contributed by atoms with E-state index < -0.39 is 29.6 Å². The smallest absolute Gasteiger partial charge is 0.254 e. The molecule has 182 valence electrons. The number of nitrogens with one attached hydrogen (secondary N) is 1. The molecular formula is C28H25FN4O3. The first-order valence-electron chi connectivity index (χ1n) is 11.5. The van der Waals surface area contributed by atoms with Gasteiger partial charge in [0, 0.05) is 30.4 Å². The van der Waals surface area contributed by atoms with Crippen LogP contribution in [-0.4, -0.2) is 53.7 Å². The molecule has 1 aliphatic heterocycles. The molecule has 1 aliphatic rings. The summed E-state index contributed by atoms with van der Waals surface area (Å²) in [6.07, 6.45) is 0.219. The summed E-state index contributed by atoms with van der Waals surface area (Å²) in [5.74, 6) is -2.14. The number of nitriles is 1. The third-order valence-electron chi connectivity index (χ3n) is 6.20. The molecule has 36 heavy (non-hydrogen) atoms. The molecule has 7 nitrogen and oxygen atoms in total. The number of carbonyl (C=O) groups excluding carboxylic acids is 3. The molecule has 1 saturated heterocycles. The molecule has 2 unspecified atom stereocenters. The van der Waals surface area contributed by atoms with Gasteiger partial charge in [-0.15, -0.1) is 0 Å². The number of likely N-dealkylation sites (N-methyl/N-ethyl adjacent to an activating group) is 1. The number of amides is 3. The molecule has 1 heterocycles. The Bertz CT molecular complexity index is 1310. The minimum atomic E-state index is -0.761. The van der Waals surface area contributed by atoms with Crippen molar-refractivity contribution in [1.29, 1.82) is 5.26 Å². The Morgan fingerprint density at radius 2 is 1.72 bits per heavy atom. The van der Waals surface area contributed by atoms with Crippen LogP contribution in [0.2, 0.25) is 0 Å². The molecule has 0 aromatic heterocycles. The summed E-state index contributed by atoms with van der Waals surface area (Å²) in [6.45, 7) is -0.186. The lowest BCUT2D eigenvalue weighted by molar-refractivity contribution is -0.131. The zero-order chi connectivity index (χ0) is 25.7. The summed E-state index contributed by atoms with van der Waals surface area (Å²) in [4.78, 5) is 41.3. The quantitative estimate of drug-likeness (QED) is 0.574. The minimum absolute atomic E-state index is 0.0897. The maximum absolute atomic E-state index is 14.4. The van der Waals surface area contributed by atoms with E-state index in [9.17, 15) is 24.0 Å². The fraction of sp³-hybridized carbons (Fsp3) is 0.214. The average Bonchev–Trinajstić information content (AvgIpc) is 3.35. The van der Waals surface area contributed by atoms with Gasteiger partial charge >= 0.3 is 0 Å². The van der Waals surface area contributed by atoms with Gasteiger partial charge in [0.1, 0.15) is 11.9 Å². The van der Waals surface area contributed by atoms with Crippen LogP contribution in [0.5, 0.6) is 0 Å².